The summed E-state index contributed by atoms with van der Waals surface area (Å²) < 4.78 is 22.5. The van der Waals surface area contributed by atoms with Gasteiger partial charge in [-0.1, -0.05) is 0 Å². The average molecular weight is 316 g/mol. The number of halogens is 1. The molecular weight excluding hydrogens is 297 g/mol. The van der Waals surface area contributed by atoms with E-state index < -0.39 is 19.4 Å². The van der Waals surface area contributed by atoms with E-state index in [4.69, 9.17) is 20.6 Å². The van der Waals surface area contributed by atoms with E-state index in [0.29, 0.717) is 5.01 Å². The number of nitrogens with one attached hydrogen (secondary N) is 1. The topological polar surface area (TPSA) is 97.3 Å². The molecule has 0 saturated heterocycles. The van der Waals surface area contributed by atoms with E-state index in [1.807, 2.05) is 0 Å². The summed E-state index contributed by atoms with van der Waals surface area (Å²) in [5, 5.41) is 5.42. The highest BCUT2D eigenvalue weighted by molar-refractivity contribution is 7.54. The van der Waals surface area contributed by atoms with Crippen LogP contribution in [0.5, 0.6) is 0 Å². The molecule has 0 bridgehead atoms. The molecule has 0 spiro atoms. The Morgan fingerprint density at radius 1 is 1.42 bits per heavy atom. The van der Waals surface area contributed by atoms with Crippen LogP contribution >= 0.6 is 19.2 Å². The van der Waals surface area contributed by atoms with Crippen molar-refractivity contribution in [3.8, 4) is 0 Å². The minimum atomic E-state index is -3.63. The fraction of sp³-hybridized carbons (Fsp3) is 0.889. The minimum Gasteiger partial charge on any atom is -0.335 e. The van der Waals surface area contributed by atoms with Crippen LogP contribution in [0, 0.1) is 4.91 Å². The van der Waals surface area contributed by atoms with E-state index in [1.165, 1.54) is 6.92 Å². The number of nitrogens with zero attached hydrogens (tertiary/aromatic N) is 2. The van der Waals surface area contributed by atoms with Crippen molar-refractivity contribution in [2.45, 2.75) is 26.6 Å². The van der Waals surface area contributed by atoms with Crippen LogP contribution in [-0.2, 0) is 13.6 Å². The van der Waals surface area contributed by atoms with Crippen molar-refractivity contribution in [2.75, 3.05) is 25.6 Å². The Hall–Kier alpha value is -0.690. The predicted molar refractivity (Wildman–Crippen MR) is 72.1 cm³/mol. The quantitative estimate of drug-likeness (QED) is 0.305. The van der Waals surface area contributed by atoms with Gasteiger partial charge in [0.25, 0.3) is 0 Å². The van der Waals surface area contributed by atoms with Gasteiger partial charge in [0, 0.05) is 12.4 Å². The van der Waals surface area contributed by atoms with Crippen molar-refractivity contribution in [1.29, 1.82) is 0 Å². The lowest BCUT2D eigenvalue weighted by Crippen LogP contribution is -2.42. The number of urea groups is 1. The summed E-state index contributed by atoms with van der Waals surface area (Å²) >= 11 is 5.42. The summed E-state index contributed by atoms with van der Waals surface area (Å²) in [6.07, 6.45) is 0. The van der Waals surface area contributed by atoms with Crippen LogP contribution in [0.3, 0.4) is 0 Å². The molecule has 0 aromatic heterocycles. The van der Waals surface area contributed by atoms with E-state index in [1.54, 1.807) is 13.8 Å². The van der Waals surface area contributed by atoms with Crippen LogP contribution in [0.1, 0.15) is 20.8 Å². The smallest absolute Gasteiger partial charge is 0.335 e. The lowest BCUT2D eigenvalue weighted by molar-refractivity contribution is 0.165. The molecule has 19 heavy (non-hydrogen) atoms. The standard InChI is InChI=1S/C9H19ClN3O5P/c1-4-17-19(16,18-5-2)8(3)13(12-15)9(14)11-7-6-10/h8H,4-7H2,1-3H3,(H,11,14). The maximum absolute atomic E-state index is 12.4. The second-order valence-electron chi connectivity index (χ2n) is 3.35. The molecule has 1 unspecified atom stereocenters. The first-order chi connectivity index (χ1) is 8.96. The van der Waals surface area contributed by atoms with Crippen molar-refractivity contribution in [2.24, 2.45) is 5.29 Å². The van der Waals surface area contributed by atoms with Crippen molar-refractivity contribution >= 4 is 25.2 Å². The molecule has 0 aliphatic rings. The molecular formula is C9H19ClN3O5P. The molecule has 0 aromatic rings. The summed E-state index contributed by atoms with van der Waals surface area (Å²) in [5.74, 6) is -0.943. The summed E-state index contributed by atoms with van der Waals surface area (Å²) in [4.78, 5) is 22.4. The predicted octanol–water partition coefficient (Wildman–Crippen LogP) is 2.53. The molecule has 0 heterocycles. The summed E-state index contributed by atoms with van der Waals surface area (Å²) in [5.41, 5.74) is 0. The Morgan fingerprint density at radius 2 is 1.95 bits per heavy atom. The number of alkyl halides is 1. The van der Waals surface area contributed by atoms with Crippen LogP contribution in [0.2, 0.25) is 0 Å². The van der Waals surface area contributed by atoms with Crippen LogP contribution in [0.25, 0.3) is 0 Å². The van der Waals surface area contributed by atoms with E-state index in [0.717, 1.165) is 0 Å². The van der Waals surface area contributed by atoms with Gasteiger partial charge in [-0.3, -0.25) is 4.57 Å². The summed E-state index contributed by atoms with van der Waals surface area (Å²) in [6, 6.07) is -0.803. The van der Waals surface area contributed by atoms with Crippen molar-refractivity contribution in [1.82, 2.24) is 10.3 Å². The van der Waals surface area contributed by atoms with E-state index in [-0.39, 0.29) is 25.6 Å². The van der Waals surface area contributed by atoms with E-state index in [2.05, 4.69) is 10.6 Å². The van der Waals surface area contributed by atoms with Crippen LogP contribution in [0.4, 0.5) is 4.79 Å². The average Bonchev–Trinajstić information content (AvgIpc) is 2.37. The third kappa shape index (κ3) is 5.44. The first kappa shape index (κ1) is 18.3. The van der Waals surface area contributed by atoms with Gasteiger partial charge in [0.05, 0.1) is 18.5 Å². The number of rotatable bonds is 9. The number of hydrogen-bond donors (Lipinski definition) is 1. The highest BCUT2D eigenvalue weighted by atomic mass is 35.5. The van der Waals surface area contributed by atoms with Crippen molar-refractivity contribution in [3.05, 3.63) is 4.91 Å². The zero-order valence-corrected chi connectivity index (χ0v) is 12.8. The van der Waals surface area contributed by atoms with Crippen LogP contribution in [0.15, 0.2) is 5.29 Å². The summed E-state index contributed by atoms with van der Waals surface area (Å²) in [7, 11) is -3.63. The largest absolute Gasteiger partial charge is 0.355 e. The molecule has 0 rings (SSSR count). The zero-order chi connectivity index (χ0) is 14.9. The first-order valence-corrected chi connectivity index (χ1v) is 7.96. The minimum absolute atomic E-state index is 0.123. The second-order valence-corrected chi connectivity index (χ2v) is 6.08. The van der Waals surface area contributed by atoms with Crippen LogP contribution < -0.4 is 5.32 Å². The van der Waals surface area contributed by atoms with Gasteiger partial charge in [0.1, 0.15) is 0 Å². The third-order valence-corrected chi connectivity index (χ3v) is 4.66. The fourth-order valence-corrected chi connectivity index (χ4v) is 2.99. The first-order valence-electron chi connectivity index (χ1n) is 5.81. The molecule has 112 valence electrons. The Balaban J connectivity index is 4.96. The monoisotopic (exact) mass is 315 g/mol. The Kier molecular flexibility index (Phi) is 8.92. The second kappa shape index (κ2) is 9.25. The number of amides is 2. The molecule has 0 radical (unpaired) electrons. The van der Waals surface area contributed by atoms with Crippen LogP contribution in [-0.4, -0.2) is 42.5 Å². The van der Waals surface area contributed by atoms with Gasteiger partial charge < -0.3 is 14.4 Å². The number of hydrogen-bond acceptors (Lipinski definition) is 6. The van der Waals surface area contributed by atoms with Gasteiger partial charge in [0.2, 0.25) is 0 Å². The SMILES string of the molecule is CCOP(=O)(OCC)C(C)N(N=O)C(=O)NCCCl. The van der Waals surface area contributed by atoms with E-state index in [9.17, 15) is 14.3 Å². The van der Waals surface area contributed by atoms with Gasteiger partial charge in [-0.05, 0) is 20.8 Å². The number of nitroso groups, excluding NO2 is 1. The number of carbonyl (C=O) groups excluding carboxylic acids is 1. The molecule has 0 aliphatic carbocycles. The van der Waals surface area contributed by atoms with Crippen molar-refractivity contribution in [3.63, 3.8) is 0 Å². The summed E-state index contributed by atoms with van der Waals surface area (Å²) in [6.45, 7) is 5.03. The molecule has 0 fully saturated rings. The highest BCUT2D eigenvalue weighted by Gasteiger charge is 2.40. The molecule has 10 heteroatoms. The molecule has 8 nitrogen and oxygen atoms in total. The van der Waals surface area contributed by atoms with Gasteiger partial charge in [-0.25, -0.2) is 4.79 Å². The highest BCUT2D eigenvalue weighted by Crippen LogP contribution is 2.54. The fourth-order valence-electron chi connectivity index (χ4n) is 1.26. The van der Waals surface area contributed by atoms with Gasteiger partial charge in [-0.15, -0.1) is 16.5 Å². The third-order valence-electron chi connectivity index (χ3n) is 2.10. The van der Waals surface area contributed by atoms with Gasteiger partial charge in [0.15, 0.2) is 5.78 Å². The molecule has 0 aromatic carbocycles. The molecule has 0 aliphatic heterocycles. The Labute approximate surface area is 117 Å². The molecule has 2 amide bonds. The van der Waals surface area contributed by atoms with E-state index >= 15 is 0 Å². The Bertz CT molecular complexity index is 334. The molecule has 1 N–H and O–H groups in total. The van der Waals surface area contributed by atoms with Gasteiger partial charge >= 0.3 is 13.6 Å². The zero-order valence-electron chi connectivity index (χ0n) is 11.2. The Morgan fingerprint density at radius 3 is 2.32 bits per heavy atom. The lowest BCUT2D eigenvalue weighted by Gasteiger charge is -2.27. The maximum atomic E-state index is 12.4. The van der Waals surface area contributed by atoms with Gasteiger partial charge in [-0.2, -0.15) is 5.01 Å². The number of carbonyl (C=O) groups is 1. The maximum Gasteiger partial charge on any atom is 0.355 e. The lowest BCUT2D eigenvalue weighted by atomic mass is 10.6. The van der Waals surface area contributed by atoms with Crippen molar-refractivity contribution < 1.29 is 18.4 Å². The normalized spacial score (nSPS) is 12.8. The molecule has 0 saturated carbocycles. The molecule has 1 atom stereocenters.